The van der Waals surface area contributed by atoms with E-state index >= 15 is 0 Å². The molecule has 0 aliphatic carbocycles. The van der Waals surface area contributed by atoms with Crippen LogP contribution in [-0.4, -0.2) is 60.4 Å². The fourth-order valence-electron chi connectivity index (χ4n) is 4.26. The molecule has 2 aliphatic rings. The number of rotatable bonds is 7. The van der Waals surface area contributed by atoms with Crippen LogP contribution >= 0.6 is 0 Å². The van der Waals surface area contributed by atoms with Crippen LogP contribution in [0.3, 0.4) is 0 Å². The number of hydrogen-bond acceptors (Lipinski definition) is 10. The number of carbonyl (C=O) groups is 1. The molecule has 0 atom stereocenters. The van der Waals surface area contributed by atoms with Crippen molar-refractivity contribution in [2.24, 2.45) is 0 Å². The Balaban J connectivity index is 1.25. The molecular weight excluding hydrogens is 448 g/mol. The third kappa shape index (κ3) is 4.92. The van der Waals surface area contributed by atoms with Gasteiger partial charge in [-0.2, -0.15) is 0 Å². The second-order valence-corrected chi connectivity index (χ2v) is 8.30. The molecule has 3 N–H and O–H groups in total. The normalized spacial score (nSPS) is 15.2. The molecule has 0 amide bonds. The number of nitrogen functional groups attached to an aromatic ring is 1. The zero-order valence-corrected chi connectivity index (χ0v) is 19.6. The van der Waals surface area contributed by atoms with E-state index in [0.29, 0.717) is 35.2 Å². The van der Waals surface area contributed by atoms with E-state index in [4.69, 9.17) is 19.9 Å². The second kappa shape index (κ2) is 10.1. The molecule has 3 aromatic rings. The molecule has 0 saturated carbocycles. The van der Waals surface area contributed by atoms with Gasteiger partial charge in [-0.15, -0.1) is 0 Å². The summed E-state index contributed by atoms with van der Waals surface area (Å²) in [5, 5.41) is 3.19. The van der Waals surface area contributed by atoms with Crippen LogP contribution < -0.4 is 25.4 Å². The van der Waals surface area contributed by atoms with E-state index in [2.05, 4.69) is 31.2 Å². The van der Waals surface area contributed by atoms with Crippen molar-refractivity contribution >= 4 is 29.0 Å². The van der Waals surface area contributed by atoms with Gasteiger partial charge >= 0.3 is 5.97 Å². The Morgan fingerprint density at radius 2 is 1.89 bits per heavy atom. The van der Waals surface area contributed by atoms with Gasteiger partial charge in [0.2, 0.25) is 6.79 Å². The molecule has 1 saturated heterocycles. The maximum Gasteiger partial charge on any atom is 0.340 e. The average Bonchev–Trinajstić information content (AvgIpc) is 3.34. The van der Waals surface area contributed by atoms with E-state index < -0.39 is 5.97 Å². The van der Waals surface area contributed by atoms with Crippen LogP contribution in [0.1, 0.15) is 22.8 Å². The van der Waals surface area contributed by atoms with Crippen LogP contribution in [0.5, 0.6) is 11.5 Å². The number of aromatic nitrogens is 2. The van der Waals surface area contributed by atoms with Crippen LogP contribution in [0, 0.1) is 0 Å². The van der Waals surface area contributed by atoms with E-state index in [1.807, 2.05) is 18.2 Å². The summed E-state index contributed by atoms with van der Waals surface area (Å²) in [7, 11) is 0. The lowest BCUT2D eigenvalue weighted by Gasteiger charge is -2.36. The first kappa shape index (κ1) is 22.7. The first-order chi connectivity index (χ1) is 17.1. The van der Waals surface area contributed by atoms with Crippen LogP contribution in [-0.2, 0) is 11.3 Å². The predicted molar refractivity (Wildman–Crippen MR) is 132 cm³/mol. The summed E-state index contributed by atoms with van der Waals surface area (Å²) in [6.45, 7) is 6.49. The minimum Gasteiger partial charge on any atom is -0.462 e. The van der Waals surface area contributed by atoms with Gasteiger partial charge in [0, 0.05) is 32.7 Å². The molecule has 10 heteroatoms. The Labute approximate surface area is 203 Å². The minimum atomic E-state index is -0.401. The maximum atomic E-state index is 12.3. The Morgan fingerprint density at radius 1 is 1.09 bits per heavy atom. The Morgan fingerprint density at radius 3 is 2.71 bits per heavy atom. The highest BCUT2D eigenvalue weighted by Crippen LogP contribution is 2.33. The van der Waals surface area contributed by atoms with Crippen molar-refractivity contribution in [3.63, 3.8) is 0 Å². The topological polar surface area (TPSA) is 115 Å². The quantitative estimate of drug-likeness (QED) is 0.493. The first-order valence-electron chi connectivity index (χ1n) is 11.6. The number of anilines is 4. The van der Waals surface area contributed by atoms with Gasteiger partial charge in [-0.05, 0) is 36.8 Å². The molecule has 0 radical (unpaired) electrons. The van der Waals surface area contributed by atoms with Gasteiger partial charge in [-0.25, -0.2) is 14.8 Å². The first-order valence-corrected chi connectivity index (χ1v) is 11.6. The summed E-state index contributed by atoms with van der Waals surface area (Å²) >= 11 is 0. The van der Waals surface area contributed by atoms with E-state index in [0.717, 1.165) is 44.2 Å². The van der Waals surface area contributed by atoms with Crippen molar-refractivity contribution in [1.29, 1.82) is 0 Å². The third-order valence-corrected chi connectivity index (χ3v) is 6.05. The highest BCUT2D eigenvalue weighted by molar-refractivity contribution is 5.97. The molecule has 0 unspecified atom stereocenters. The van der Waals surface area contributed by atoms with Crippen LogP contribution in [0.25, 0.3) is 0 Å². The van der Waals surface area contributed by atoms with Crippen LogP contribution in [0.15, 0.2) is 48.8 Å². The zero-order chi connectivity index (χ0) is 24.2. The number of ether oxygens (including phenoxy) is 3. The van der Waals surface area contributed by atoms with Gasteiger partial charge in [-0.3, -0.25) is 4.90 Å². The third-order valence-electron chi connectivity index (χ3n) is 6.05. The molecule has 182 valence electrons. The molecule has 3 heterocycles. The minimum absolute atomic E-state index is 0.281. The fourth-order valence-corrected chi connectivity index (χ4v) is 4.26. The van der Waals surface area contributed by atoms with Crippen molar-refractivity contribution < 1.29 is 19.0 Å². The van der Waals surface area contributed by atoms with Crippen molar-refractivity contribution in [3.05, 3.63) is 59.9 Å². The average molecular weight is 477 g/mol. The molecule has 0 bridgehead atoms. The largest absolute Gasteiger partial charge is 0.462 e. The van der Waals surface area contributed by atoms with Gasteiger partial charge in [0.05, 0.1) is 17.9 Å². The Bertz CT molecular complexity index is 1210. The lowest BCUT2D eigenvalue weighted by Crippen LogP contribution is -2.46. The standard InChI is InChI=1S/C25H28N6O4/c1-2-33-25(32)18-5-3-4-6-19(18)29-23-22(26)24(28-15-27-23)31-11-9-30(10-12-31)14-17-7-8-20-21(13-17)35-16-34-20/h3-8,13,15H,2,9-12,14,16,26H2,1H3,(H,27,28,29). The molecule has 1 aromatic heterocycles. The predicted octanol–water partition coefficient (Wildman–Crippen LogP) is 3.03. The molecule has 2 aliphatic heterocycles. The number of esters is 1. The summed E-state index contributed by atoms with van der Waals surface area (Å²) < 4.78 is 16.1. The summed E-state index contributed by atoms with van der Waals surface area (Å²) in [5.74, 6) is 2.34. The number of para-hydroxylation sites is 1. The number of nitrogens with one attached hydrogen (secondary N) is 1. The molecular formula is C25H28N6O4. The molecule has 0 spiro atoms. The van der Waals surface area contributed by atoms with Crippen molar-refractivity contribution in [2.75, 3.05) is 55.5 Å². The number of piperazine rings is 1. The van der Waals surface area contributed by atoms with Crippen LogP contribution in [0.2, 0.25) is 0 Å². The van der Waals surface area contributed by atoms with Crippen molar-refractivity contribution in [2.45, 2.75) is 13.5 Å². The van der Waals surface area contributed by atoms with Gasteiger partial charge in [-0.1, -0.05) is 18.2 Å². The monoisotopic (exact) mass is 476 g/mol. The zero-order valence-electron chi connectivity index (χ0n) is 19.6. The number of nitrogens with zero attached hydrogens (tertiary/aromatic N) is 4. The molecule has 5 rings (SSSR count). The Hall–Kier alpha value is -4.05. The number of hydrogen-bond donors (Lipinski definition) is 2. The number of benzene rings is 2. The lowest BCUT2D eigenvalue weighted by molar-refractivity contribution is 0.0527. The van der Waals surface area contributed by atoms with Crippen molar-refractivity contribution in [3.8, 4) is 11.5 Å². The molecule has 2 aromatic carbocycles. The van der Waals surface area contributed by atoms with E-state index in [9.17, 15) is 4.79 Å². The lowest BCUT2D eigenvalue weighted by atomic mass is 10.1. The summed E-state index contributed by atoms with van der Waals surface area (Å²) in [5.41, 5.74) is 9.11. The summed E-state index contributed by atoms with van der Waals surface area (Å²) in [6, 6.07) is 13.2. The molecule has 1 fully saturated rings. The summed E-state index contributed by atoms with van der Waals surface area (Å²) in [4.78, 5) is 25.6. The molecule has 35 heavy (non-hydrogen) atoms. The van der Waals surface area contributed by atoms with Crippen molar-refractivity contribution in [1.82, 2.24) is 14.9 Å². The smallest absolute Gasteiger partial charge is 0.340 e. The highest BCUT2D eigenvalue weighted by Gasteiger charge is 2.23. The fraction of sp³-hybridized carbons (Fsp3) is 0.320. The van der Waals surface area contributed by atoms with Gasteiger partial charge < -0.3 is 30.2 Å². The SMILES string of the molecule is CCOC(=O)c1ccccc1Nc1ncnc(N2CCN(Cc3ccc4c(c3)OCO4)CC2)c1N. The second-order valence-electron chi connectivity index (χ2n) is 8.30. The molecule has 10 nitrogen and oxygen atoms in total. The van der Waals surface area contributed by atoms with E-state index in [1.54, 1.807) is 25.1 Å². The number of fused-ring (bicyclic) bond motifs is 1. The van der Waals surface area contributed by atoms with E-state index in [-0.39, 0.29) is 6.79 Å². The van der Waals surface area contributed by atoms with E-state index in [1.165, 1.54) is 11.9 Å². The summed E-state index contributed by atoms with van der Waals surface area (Å²) in [6.07, 6.45) is 1.49. The van der Waals surface area contributed by atoms with Gasteiger partial charge in [0.1, 0.15) is 12.0 Å². The van der Waals surface area contributed by atoms with Crippen LogP contribution in [0.4, 0.5) is 23.0 Å². The maximum absolute atomic E-state index is 12.3. The van der Waals surface area contributed by atoms with Gasteiger partial charge in [0.15, 0.2) is 23.1 Å². The number of nitrogens with two attached hydrogens (primary N) is 1. The van der Waals surface area contributed by atoms with Gasteiger partial charge in [0.25, 0.3) is 0 Å². The number of carbonyl (C=O) groups excluding carboxylic acids is 1. The highest BCUT2D eigenvalue weighted by atomic mass is 16.7. The Kier molecular flexibility index (Phi) is 6.53.